The van der Waals surface area contributed by atoms with E-state index in [1.54, 1.807) is 24.4 Å². The zero-order chi connectivity index (χ0) is 14.7. The quantitative estimate of drug-likeness (QED) is 0.487. The van der Waals surface area contributed by atoms with Gasteiger partial charge in [-0.05, 0) is 24.6 Å². The van der Waals surface area contributed by atoms with Gasteiger partial charge in [-0.1, -0.05) is 6.07 Å². The number of carbonyl (C=O) groups excluding carboxylic acids is 1. The SMILES string of the molecule is COC(=O)c1cc(-c2ccc(C)nc2)cc([N+](=O)[O-])c1. The maximum atomic E-state index is 11.6. The van der Waals surface area contributed by atoms with E-state index in [1.807, 2.05) is 6.92 Å². The van der Waals surface area contributed by atoms with Crippen LogP contribution in [0.5, 0.6) is 0 Å². The Balaban J connectivity index is 2.57. The fourth-order valence-corrected chi connectivity index (χ4v) is 1.76. The highest BCUT2D eigenvalue weighted by Gasteiger charge is 2.15. The minimum atomic E-state index is -0.616. The molecule has 1 aromatic carbocycles. The third-order valence-electron chi connectivity index (χ3n) is 2.79. The van der Waals surface area contributed by atoms with Crippen LogP contribution in [0.3, 0.4) is 0 Å². The molecule has 2 rings (SSSR count). The van der Waals surface area contributed by atoms with Crippen molar-refractivity contribution in [2.24, 2.45) is 0 Å². The number of methoxy groups -OCH3 is 1. The molecule has 0 N–H and O–H groups in total. The molecule has 0 bridgehead atoms. The standard InChI is InChI=1S/C14H12N2O4/c1-9-3-4-10(8-15-9)11-5-12(14(17)20-2)7-13(6-11)16(18)19/h3-8H,1-2H3. The third-order valence-corrected chi connectivity index (χ3v) is 2.79. The summed E-state index contributed by atoms with van der Waals surface area (Å²) in [4.78, 5) is 26.1. The first-order chi connectivity index (χ1) is 9.51. The lowest BCUT2D eigenvalue weighted by Crippen LogP contribution is -2.02. The summed E-state index contributed by atoms with van der Waals surface area (Å²) in [5, 5.41) is 10.9. The normalized spacial score (nSPS) is 10.1. The molecule has 0 atom stereocenters. The van der Waals surface area contributed by atoms with Crippen LogP contribution in [0.2, 0.25) is 0 Å². The molecule has 0 unspecified atom stereocenters. The Labute approximate surface area is 115 Å². The third kappa shape index (κ3) is 2.80. The maximum Gasteiger partial charge on any atom is 0.338 e. The number of aryl methyl sites for hydroxylation is 1. The van der Waals surface area contributed by atoms with E-state index in [4.69, 9.17) is 0 Å². The Kier molecular flexibility index (Phi) is 3.74. The molecular weight excluding hydrogens is 260 g/mol. The first kappa shape index (κ1) is 13.7. The van der Waals surface area contributed by atoms with Crippen molar-refractivity contribution in [1.82, 2.24) is 4.98 Å². The van der Waals surface area contributed by atoms with E-state index in [1.165, 1.54) is 19.2 Å². The van der Waals surface area contributed by atoms with Crippen molar-refractivity contribution in [3.05, 3.63) is 57.9 Å². The van der Waals surface area contributed by atoms with E-state index < -0.39 is 10.9 Å². The first-order valence-electron chi connectivity index (χ1n) is 5.82. The number of rotatable bonds is 3. The number of carbonyl (C=O) groups is 1. The summed E-state index contributed by atoms with van der Waals surface area (Å²) < 4.78 is 4.60. The van der Waals surface area contributed by atoms with Crippen molar-refractivity contribution < 1.29 is 14.5 Å². The molecule has 0 saturated carbocycles. The van der Waals surface area contributed by atoms with Gasteiger partial charge in [0.1, 0.15) is 0 Å². The molecule has 0 aliphatic rings. The monoisotopic (exact) mass is 272 g/mol. The van der Waals surface area contributed by atoms with Gasteiger partial charge in [-0.2, -0.15) is 0 Å². The molecular formula is C14H12N2O4. The molecule has 6 heteroatoms. The second kappa shape index (κ2) is 5.48. The molecule has 1 aromatic heterocycles. The molecule has 0 spiro atoms. The molecule has 2 aromatic rings. The molecule has 0 aliphatic heterocycles. The van der Waals surface area contributed by atoms with Crippen LogP contribution in [-0.4, -0.2) is 23.0 Å². The molecule has 6 nitrogen and oxygen atoms in total. The average Bonchev–Trinajstić information content (AvgIpc) is 2.46. The van der Waals surface area contributed by atoms with E-state index in [0.29, 0.717) is 11.1 Å². The fourth-order valence-electron chi connectivity index (χ4n) is 1.76. The average molecular weight is 272 g/mol. The fraction of sp³-hybridized carbons (Fsp3) is 0.143. The van der Waals surface area contributed by atoms with Crippen LogP contribution in [-0.2, 0) is 4.74 Å². The van der Waals surface area contributed by atoms with Crippen LogP contribution in [0.4, 0.5) is 5.69 Å². The van der Waals surface area contributed by atoms with Crippen molar-refractivity contribution in [3.8, 4) is 11.1 Å². The number of ether oxygens (including phenoxy) is 1. The minimum absolute atomic E-state index is 0.136. The van der Waals surface area contributed by atoms with Gasteiger partial charge < -0.3 is 4.74 Å². The number of aromatic nitrogens is 1. The number of hydrogen-bond acceptors (Lipinski definition) is 5. The van der Waals surface area contributed by atoms with Gasteiger partial charge in [0.15, 0.2) is 0 Å². The van der Waals surface area contributed by atoms with Crippen molar-refractivity contribution in [2.45, 2.75) is 6.92 Å². The molecule has 1 heterocycles. The Morgan fingerprint density at radius 3 is 2.55 bits per heavy atom. The van der Waals surface area contributed by atoms with E-state index in [0.717, 1.165) is 5.69 Å². The van der Waals surface area contributed by atoms with Crippen molar-refractivity contribution in [2.75, 3.05) is 7.11 Å². The van der Waals surface area contributed by atoms with Crippen LogP contribution < -0.4 is 0 Å². The predicted octanol–water partition coefficient (Wildman–Crippen LogP) is 2.75. The highest BCUT2D eigenvalue weighted by molar-refractivity contribution is 5.92. The van der Waals surface area contributed by atoms with Gasteiger partial charge in [0, 0.05) is 29.6 Å². The van der Waals surface area contributed by atoms with Gasteiger partial charge >= 0.3 is 5.97 Å². The van der Waals surface area contributed by atoms with Crippen LogP contribution in [0.15, 0.2) is 36.5 Å². The van der Waals surface area contributed by atoms with Crippen LogP contribution in [0.1, 0.15) is 16.1 Å². The Hall–Kier alpha value is -2.76. The van der Waals surface area contributed by atoms with E-state index in [9.17, 15) is 14.9 Å². The number of nitrogens with zero attached hydrogens (tertiary/aromatic N) is 2. The number of hydrogen-bond donors (Lipinski definition) is 0. The zero-order valence-electron chi connectivity index (χ0n) is 11.0. The smallest absolute Gasteiger partial charge is 0.338 e. The van der Waals surface area contributed by atoms with Gasteiger partial charge in [-0.15, -0.1) is 0 Å². The summed E-state index contributed by atoms with van der Waals surface area (Å²) in [5.74, 6) is -0.616. The Morgan fingerprint density at radius 2 is 2.00 bits per heavy atom. The van der Waals surface area contributed by atoms with Gasteiger partial charge in [0.05, 0.1) is 17.6 Å². The number of nitro groups is 1. The van der Waals surface area contributed by atoms with Crippen LogP contribution in [0.25, 0.3) is 11.1 Å². The lowest BCUT2D eigenvalue weighted by atomic mass is 10.0. The molecule has 20 heavy (non-hydrogen) atoms. The van der Waals surface area contributed by atoms with E-state index in [2.05, 4.69) is 9.72 Å². The number of benzene rings is 1. The summed E-state index contributed by atoms with van der Waals surface area (Å²) in [6.45, 7) is 1.84. The molecule has 0 saturated heterocycles. The Morgan fingerprint density at radius 1 is 1.25 bits per heavy atom. The van der Waals surface area contributed by atoms with Crippen molar-refractivity contribution >= 4 is 11.7 Å². The number of nitro benzene ring substituents is 1. The predicted molar refractivity (Wildman–Crippen MR) is 72.4 cm³/mol. The summed E-state index contributed by atoms with van der Waals surface area (Å²) in [5.41, 5.74) is 2.06. The maximum absolute atomic E-state index is 11.6. The van der Waals surface area contributed by atoms with Gasteiger partial charge in [-0.3, -0.25) is 15.1 Å². The Bertz CT molecular complexity index is 665. The van der Waals surface area contributed by atoms with Gasteiger partial charge in [0.2, 0.25) is 0 Å². The van der Waals surface area contributed by atoms with E-state index in [-0.39, 0.29) is 11.3 Å². The first-order valence-corrected chi connectivity index (χ1v) is 5.82. The molecule has 0 amide bonds. The minimum Gasteiger partial charge on any atom is -0.465 e. The van der Waals surface area contributed by atoms with Crippen LogP contribution in [0, 0.1) is 17.0 Å². The number of non-ortho nitro benzene ring substituents is 1. The number of esters is 1. The lowest BCUT2D eigenvalue weighted by molar-refractivity contribution is -0.384. The van der Waals surface area contributed by atoms with Gasteiger partial charge in [0.25, 0.3) is 5.69 Å². The second-order valence-electron chi connectivity index (χ2n) is 4.21. The summed E-state index contributed by atoms with van der Waals surface area (Å²) in [7, 11) is 1.23. The van der Waals surface area contributed by atoms with E-state index >= 15 is 0 Å². The molecule has 0 radical (unpaired) electrons. The second-order valence-corrected chi connectivity index (χ2v) is 4.21. The zero-order valence-corrected chi connectivity index (χ0v) is 11.0. The summed E-state index contributed by atoms with van der Waals surface area (Å²) >= 11 is 0. The topological polar surface area (TPSA) is 82.3 Å². The van der Waals surface area contributed by atoms with Crippen molar-refractivity contribution in [1.29, 1.82) is 0 Å². The largest absolute Gasteiger partial charge is 0.465 e. The van der Waals surface area contributed by atoms with Crippen LogP contribution >= 0.6 is 0 Å². The molecule has 0 fully saturated rings. The van der Waals surface area contributed by atoms with Crippen molar-refractivity contribution in [3.63, 3.8) is 0 Å². The molecule has 102 valence electrons. The summed E-state index contributed by atoms with van der Waals surface area (Å²) in [6, 6.07) is 7.73. The molecule has 0 aliphatic carbocycles. The lowest BCUT2D eigenvalue weighted by Gasteiger charge is -2.05. The number of pyridine rings is 1. The summed E-state index contributed by atoms with van der Waals surface area (Å²) in [6.07, 6.45) is 1.61. The van der Waals surface area contributed by atoms with Gasteiger partial charge in [-0.25, -0.2) is 4.79 Å². The highest BCUT2D eigenvalue weighted by atomic mass is 16.6. The highest BCUT2D eigenvalue weighted by Crippen LogP contribution is 2.26.